The van der Waals surface area contributed by atoms with Gasteiger partial charge in [-0.25, -0.2) is 13.4 Å². The molecule has 122 valence electrons. The first-order chi connectivity index (χ1) is 10.4. The summed E-state index contributed by atoms with van der Waals surface area (Å²) in [6.45, 7) is 5.47. The number of anilines is 2. The molecule has 22 heavy (non-hydrogen) atoms. The topological polar surface area (TPSA) is 87.7 Å². The second kappa shape index (κ2) is 5.98. The van der Waals surface area contributed by atoms with Gasteiger partial charge in [0, 0.05) is 37.9 Å². The Morgan fingerprint density at radius 2 is 1.91 bits per heavy atom. The Morgan fingerprint density at radius 1 is 1.23 bits per heavy atom. The van der Waals surface area contributed by atoms with Gasteiger partial charge in [0.1, 0.15) is 5.82 Å². The molecule has 1 aromatic heterocycles. The van der Waals surface area contributed by atoms with Gasteiger partial charge in [0.2, 0.25) is 16.0 Å². The van der Waals surface area contributed by atoms with Crippen LogP contribution in [0.3, 0.4) is 0 Å². The third kappa shape index (κ3) is 3.47. The van der Waals surface area contributed by atoms with Crippen molar-refractivity contribution >= 4 is 21.8 Å². The van der Waals surface area contributed by atoms with E-state index in [2.05, 4.69) is 15.3 Å². The van der Waals surface area contributed by atoms with Crippen LogP contribution in [-0.2, 0) is 14.8 Å². The highest BCUT2D eigenvalue weighted by Gasteiger charge is 2.25. The summed E-state index contributed by atoms with van der Waals surface area (Å²) in [6.07, 6.45) is 1.24. The van der Waals surface area contributed by atoms with Crippen LogP contribution < -0.4 is 10.2 Å². The minimum absolute atomic E-state index is 0.309. The highest BCUT2D eigenvalue weighted by molar-refractivity contribution is 7.88. The maximum atomic E-state index is 11.6. The SMILES string of the molecule is Cc1cc(NC2COC2)nc(N2CCN(S(C)(=O)=O)CC2)n1. The number of nitrogens with one attached hydrogen (secondary N) is 1. The first-order valence-corrected chi connectivity index (χ1v) is 9.17. The predicted octanol–water partition coefficient (Wildman–Crippen LogP) is -0.323. The normalized spacial score (nSPS) is 20.7. The van der Waals surface area contributed by atoms with Crippen molar-refractivity contribution < 1.29 is 13.2 Å². The molecule has 3 heterocycles. The van der Waals surface area contributed by atoms with Crippen molar-refractivity contribution in [3.8, 4) is 0 Å². The zero-order valence-corrected chi connectivity index (χ0v) is 13.6. The Balaban J connectivity index is 1.69. The molecule has 0 aliphatic carbocycles. The lowest BCUT2D eigenvalue weighted by Crippen LogP contribution is -2.49. The number of nitrogens with zero attached hydrogens (tertiary/aromatic N) is 4. The van der Waals surface area contributed by atoms with Crippen LogP contribution in [0.25, 0.3) is 0 Å². The van der Waals surface area contributed by atoms with Gasteiger partial charge in [-0.05, 0) is 6.92 Å². The van der Waals surface area contributed by atoms with Crippen LogP contribution in [0.5, 0.6) is 0 Å². The molecule has 3 rings (SSSR count). The van der Waals surface area contributed by atoms with Gasteiger partial charge in [-0.2, -0.15) is 9.29 Å². The first-order valence-electron chi connectivity index (χ1n) is 7.32. The zero-order chi connectivity index (χ0) is 15.7. The van der Waals surface area contributed by atoms with Gasteiger partial charge >= 0.3 is 0 Å². The summed E-state index contributed by atoms with van der Waals surface area (Å²) >= 11 is 0. The number of hydrogen-bond donors (Lipinski definition) is 1. The summed E-state index contributed by atoms with van der Waals surface area (Å²) in [5.41, 5.74) is 0.887. The van der Waals surface area contributed by atoms with E-state index in [1.807, 2.05) is 17.9 Å². The third-order valence-electron chi connectivity index (χ3n) is 3.82. The lowest BCUT2D eigenvalue weighted by Gasteiger charge is -2.33. The molecule has 0 spiro atoms. The largest absolute Gasteiger partial charge is 0.377 e. The molecule has 9 heteroatoms. The van der Waals surface area contributed by atoms with Crippen LogP contribution >= 0.6 is 0 Å². The number of aromatic nitrogens is 2. The van der Waals surface area contributed by atoms with Crippen LogP contribution in [0.1, 0.15) is 5.69 Å². The fourth-order valence-corrected chi connectivity index (χ4v) is 3.34. The average molecular weight is 327 g/mol. The fourth-order valence-electron chi connectivity index (χ4n) is 2.52. The van der Waals surface area contributed by atoms with E-state index in [1.165, 1.54) is 10.6 Å². The molecule has 0 atom stereocenters. The van der Waals surface area contributed by atoms with Crippen LogP contribution in [-0.4, -0.2) is 74.4 Å². The van der Waals surface area contributed by atoms with E-state index in [0.29, 0.717) is 51.4 Å². The monoisotopic (exact) mass is 327 g/mol. The van der Waals surface area contributed by atoms with E-state index >= 15 is 0 Å². The smallest absolute Gasteiger partial charge is 0.227 e. The fraction of sp³-hybridized carbons (Fsp3) is 0.692. The number of sulfonamides is 1. The van der Waals surface area contributed by atoms with Gasteiger partial charge in [-0.3, -0.25) is 0 Å². The van der Waals surface area contributed by atoms with Crippen molar-refractivity contribution in [2.45, 2.75) is 13.0 Å². The molecule has 2 fully saturated rings. The number of piperazine rings is 1. The van der Waals surface area contributed by atoms with E-state index in [4.69, 9.17) is 4.74 Å². The highest BCUT2D eigenvalue weighted by Crippen LogP contribution is 2.18. The second-order valence-corrected chi connectivity index (χ2v) is 7.70. The molecule has 0 radical (unpaired) electrons. The average Bonchev–Trinajstić information content (AvgIpc) is 2.42. The van der Waals surface area contributed by atoms with Crippen LogP contribution in [0.15, 0.2) is 6.07 Å². The molecule has 8 nitrogen and oxygen atoms in total. The molecule has 0 aromatic carbocycles. The van der Waals surface area contributed by atoms with E-state index in [9.17, 15) is 8.42 Å². The van der Waals surface area contributed by atoms with Gasteiger partial charge < -0.3 is 15.0 Å². The summed E-state index contributed by atoms with van der Waals surface area (Å²) in [7, 11) is -3.12. The number of aryl methyl sites for hydroxylation is 1. The van der Waals surface area contributed by atoms with Gasteiger partial charge in [0.05, 0.1) is 25.5 Å². The maximum Gasteiger partial charge on any atom is 0.227 e. The molecule has 2 saturated heterocycles. The molecule has 0 saturated carbocycles. The Labute approximate surface area is 130 Å². The first kappa shape index (κ1) is 15.4. The molecule has 1 N–H and O–H groups in total. The standard InChI is InChI=1S/C13H21N5O3S/c1-10-7-12(15-11-8-21-9-11)16-13(14-10)17-3-5-18(6-4-17)22(2,19)20/h7,11H,3-6,8-9H2,1-2H3,(H,14,15,16). The number of rotatable bonds is 4. The lowest BCUT2D eigenvalue weighted by molar-refractivity contribution is 0.0209. The van der Waals surface area contributed by atoms with Crippen molar-refractivity contribution in [1.82, 2.24) is 14.3 Å². The molecule has 2 aliphatic rings. The predicted molar refractivity (Wildman–Crippen MR) is 83.6 cm³/mol. The van der Waals surface area contributed by atoms with Crippen molar-refractivity contribution in [2.75, 3.05) is 55.9 Å². The number of hydrogen-bond acceptors (Lipinski definition) is 7. The third-order valence-corrected chi connectivity index (χ3v) is 5.13. The van der Waals surface area contributed by atoms with Crippen LogP contribution in [0.4, 0.5) is 11.8 Å². The minimum atomic E-state index is -3.12. The Kier molecular flexibility index (Phi) is 4.20. The Hall–Kier alpha value is -1.45. The Morgan fingerprint density at radius 3 is 2.45 bits per heavy atom. The Bertz CT molecular complexity index is 639. The molecule has 2 aliphatic heterocycles. The quantitative estimate of drug-likeness (QED) is 0.810. The summed E-state index contributed by atoms with van der Waals surface area (Å²) < 4.78 is 29.7. The van der Waals surface area contributed by atoms with E-state index in [0.717, 1.165) is 11.5 Å². The summed E-state index contributed by atoms with van der Waals surface area (Å²) in [6, 6.07) is 2.22. The summed E-state index contributed by atoms with van der Waals surface area (Å²) in [5, 5.41) is 3.32. The molecule has 0 unspecified atom stereocenters. The zero-order valence-electron chi connectivity index (χ0n) is 12.8. The summed E-state index contributed by atoms with van der Waals surface area (Å²) in [5.74, 6) is 1.44. The second-order valence-electron chi connectivity index (χ2n) is 5.72. The number of ether oxygens (including phenoxy) is 1. The van der Waals surface area contributed by atoms with Gasteiger partial charge in [0.25, 0.3) is 0 Å². The minimum Gasteiger partial charge on any atom is -0.377 e. The highest BCUT2D eigenvalue weighted by atomic mass is 32.2. The van der Waals surface area contributed by atoms with Crippen molar-refractivity contribution in [3.05, 3.63) is 11.8 Å². The van der Waals surface area contributed by atoms with E-state index in [-0.39, 0.29) is 0 Å². The van der Waals surface area contributed by atoms with Crippen molar-refractivity contribution in [2.24, 2.45) is 0 Å². The maximum absolute atomic E-state index is 11.6. The molecule has 0 bridgehead atoms. The van der Waals surface area contributed by atoms with Gasteiger partial charge in [0.15, 0.2) is 0 Å². The van der Waals surface area contributed by atoms with Gasteiger partial charge in [-0.1, -0.05) is 0 Å². The lowest BCUT2D eigenvalue weighted by atomic mass is 10.2. The van der Waals surface area contributed by atoms with Crippen LogP contribution in [0, 0.1) is 6.92 Å². The van der Waals surface area contributed by atoms with Crippen LogP contribution in [0.2, 0.25) is 0 Å². The molecular weight excluding hydrogens is 306 g/mol. The van der Waals surface area contributed by atoms with Gasteiger partial charge in [-0.15, -0.1) is 0 Å². The van der Waals surface area contributed by atoms with E-state index in [1.54, 1.807) is 0 Å². The van der Waals surface area contributed by atoms with Crippen molar-refractivity contribution in [1.29, 1.82) is 0 Å². The van der Waals surface area contributed by atoms with E-state index < -0.39 is 10.0 Å². The molecular formula is C13H21N5O3S. The summed E-state index contributed by atoms with van der Waals surface area (Å²) in [4.78, 5) is 11.0. The van der Waals surface area contributed by atoms with Crippen molar-refractivity contribution in [3.63, 3.8) is 0 Å². The molecule has 0 amide bonds. The molecule has 1 aromatic rings.